The minimum atomic E-state index is -1.36. The lowest BCUT2D eigenvalue weighted by Crippen LogP contribution is -2.38. The molecular weight excluding hydrogens is 430 g/mol. The third kappa shape index (κ3) is 4.62. The Morgan fingerprint density at radius 3 is 2.69 bits per heavy atom. The molecule has 4 N–H and O–H groups in total. The van der Waals surface area contributed by atoms with E-state index in [0.29, 0.717) is 34.9 Å². The van der Waals surface area contributed by atoms with E-state index in [4.69, 9.17) is 15.5 Å². The van der Waals surface area contributed by atoms with Crippen LogP contribution >= 0.6 is 11.3 Å². The van der Waals surface area contributed by atoms with Crippen LogP contribution in [0.1, 0.15) is 43.0 Å². The van der Waals surface area contributed by atoms with Crippen LogP contribution in [0, 0.1) is 12.8 Å². The second-order valence-corrected chi connectivity index (χ2v) is 9.46. The number of hydrogen-bond acceptors (Lipinski definition) is 9. The number of rotatable bonds is 7. The molecule has 1 amide bonds. The molecule has 32 heavy (non-hydrogen) atoms. The zero-order valence-electron chi connectivity index (χ0n) is 18.0. The van der Waals surface area contributed by atoms with E-state index < -0.39 is 17.8 Å². The number of thiazole rings is 1. The third-order valence-corrected chi connectivity index (χ3v) is 6.37. The van der Waals surface area contributed by atoms with Gasteiger partial charge in [0, 0.05) is 5.92 Å². The predicted octanol–water partition coefficient (Wildman–Crippen LogP) is 2.66. The van der Waals surface area contributed by atoms with Crippen molar-refractivity contribution in [2.45, 2.75) is 51.5 Å². The molecular formula is C22H25N5O4S. The molecule has 0 bridgehead atoms. The molecule has 3 aromatic rings. The monoisotopic (exact) mass is 455 g/mol. The van der Waals surface area contributed by atoms with Gasteiger partial charge in [-0.05, 0) is 45.7 Å². The number of aromatic nitrogens is 3. The molecule has 4 rings (SSSR count). The molecule has 2 aromatic heterocycles. The van der Waals surface area contributed by atoms with Gasteiger partial charge >= 0.3 is 0 Å². The zero-order chi connectivity index (χ0) is 23.0. The van der Waals surface area contributed by atoms with Crippen molar-refractivity contribution in [2.24, 2.45) is 11.7 Å². The number of aliphatic hydroxyl groups is 1. The largest absolute Gasteiger partial charge is 0.366 e. The first-order valence-corrected chi connectivity index (χ1v) is 11.1. The fourth-order valence-electron chi connectivity index (χ4n) is 4.00. The molecule has 1 aliphatic carbocycles. The minimum Gasteiger partial charge on any atom is -0.366 e. The minimum absolute atomic E-state index is 0.111. The summed E-state index contributed by atoms with van der Waals surface area (Å²) in [6.45, 7) is 4.87. The lowest BCUT2D eigenvalue weighted by Gasteiger charge is -2.29. The summed E-state index contributed by atoms with van der Waals surface area (Å²) in [7, 11) is 0. The summed E-state index contributed by atoms with van der Waals surface area (Å²) in [4.78, 5) is 36.7. The lowest BCUT2D eigenvalue weighted by atomic mass is 10.1. The fraction of sp³-hybridized carbons (Fsp3) is 0.409. The molecule has 3 unspecified atom stereocenters. The first kappa shape index (κ1) is 22.3. The van der Waals surface area contributed by atoms with Gasteiger partial charge in [-0.3, -0.25) is 4.79 Å². The number of carbonyl (C=O) groups excluding carboxylic acids is 2. The van der Waals surface area contributed by atoms with Crippen LogP contribution in [0.3, 0.4) is 0 Å². The van der Waals surface area contributed by atoms with E-state index in [0.717, 1.165) is 16.5 Å². The molecule has 10 heteroatoms. The van der Waals surface area contributed by atoms with Gasteiger partial charge in [0.15, 0.2) is 5.79 Å². The molecule has 1 aromatic carbocycles. The molecule has 0 aliphatic heterocycles. The van der Waals surface area contributed by atoms with Crippen LogP contribution in [0.2, 0.25) is 0 Å². The summed E-state index contributed by atoms with van der Waals surface area (Å²) in [5.41, 5.74) is 7.52. The third-order valence-electron chi connectivity index (χ3n) is 5.31. The number of nitrogens with zero attached hydrogens (tertiary/aromatic N) is 3. The molecule has 1 saturated carbocycles. The molecule has 0 saturated heterocycles. The smallest absolute Gasteiger partial charge is 0.286 e. The summed E-state index contributed by atoms with van der Waals surface area (Å²) in [6.07, 6.45) is 1.43. The number of aryl methyl sites for hydroxylation is 1. The van der Waals surface area contributed by atoms with Crippen LogP contribution in [-0.2, 0) is 9.53 Å². The van der Waals surface area contributed by atoms with Gasteiger partial charge in [-0.1, -0.05) is 12.1 Å². The number of nitrogens with one attached hydrogen (secondary N) is 1. The van der Waals surface area contributed by atoms with E-state index in [1.807, 2.05) is 24.3 Å². The normalized spacial score (nSPS) is 21.1. The molecule has 2 heterocycles. The van der Waals surface area contributed by atoms with E-state index in [1.54, 1.807) is 20.8 Å². The number of primary amides is 1. The summed E-state index contributed by atoms with van der Waals surface area (Å²) in [6, 6.07) is 7.45. The Bertz CT molecular complexity index is 1140. The number of anilines is 1. The highest BCUT2D eigenvalue weighted by molar-refractivity contribution is 7.21. The van der Waals surface area contributed by atoms with Crippen molar-refractivity contribution in [3.63, 3.8) is 0 Å². The van der Waals surface area contributed by atoms with Crippen molar-refractivity contribution in [1.29, 1.82) is 0 Å². The maximum absolute atomic E-state index is 11.8. The topological polar surface area (TPSA) is 140 Å². The summed E-state index contributed by atoms with van der Waals surface area (Å²) in [5, 5.41) is 14.2. The molecule has 168 valence electrons. The second kappa shape index (κ2) is 8.53. The lowest BCUT2D eigenvalue weighted by molar-refractivity contribution is -0.205. The number of ether oxygens (including phenoxy) is 1. The number of fused-ring (bicyclic) bond motifs is 1. The Hall–Kier alpha value is -2.95. The predicted molar refractivity (Wildman–Crippen MR) is 121 cm³/mol. The van der Waals surface area contributed by atoms with Crippen LogP contribution in [-0.4, -0.2) is 50.2 Å². The average molecular weight is 456 g/mol. The molecule has 0 spiro atoms. The van der Waals surface area contributed by atoms with Crippen molar-refractivity contribution in [3.05, 3.63) is 35.8 Å². The van der Waals surface area contributed by atoms with Crippen LogP contribution in [0.25, 0.3) is 20.8 Å². The number of hydrogen-bond donors (Lipinski definition) is 3. The molecule has 1 aliphatic rings. The fourth-order valence-corrected chi connectivity index (χ4v) is 5.06. The Kier molecular flexibility index (Phi) is 5.93. The Balaban J connectivity index is 1.77. The number of amides is 1. The Morgan fingerprint density at radius 1 is 1.28 bits per heavy atom. The zero-order valence-corrected chi connectivity index (χ0v) is 18.8. The standard InChI is InChI=1S/C22H25N5O4S/c1-11-17(21-26-13-6-4-5-7-16(13)32-21)19(27-20(24-11)18(23)29)25-14-8-12(10-28)9-15(14)31-22(2,3)30/h4-7,10,12,14-15,30H,8-9H2,1-3H3,(H2,23,29)(H,24,25,27). The van der Waals surface area contributed by atoms with Crippen LogP contribution in [0.15, 0.2) is 24.3 Å². The maximum Gasteiger partial charge on any atom is 0.286 e. The number of nitrogens with two attached hydrogens (primary N) is 1. The first-order valence-electron chi connectivity index (χ1n) is 10.3. The number of benzene rings is 1. The molecule has 1 fully saturated rings. The van der Waals surface area contributed by atoms with Gasteiger partial charge in [-0.2, -0.15) is 0 Å². The van der Waals surface area contributed by atoms with Crippen molar-refractivity contribution in [3.8, 4) is 10.6 Å². The average Bonchev–Trinajstić information content (AvgIpc) is 3.30. The van der Waals surface area contributed by atoms with Crippen molar-refractivity contribution < 1.29 is 19.4 Å². The van der Waals surface area contributed by atoms with E-state index in [1.165, 1.54) is 11.3 Å². The van der Waals surface area contributed by atoms with Crippen molar-refractivity contribution in [2.75, 3.05) is 5.32 Å². The number of para-hydroxylation sites is 1. The van der Waals surface area contributed by atoms with Crippen molar-refractivity contribution >= 4 is 39.6 Å². The molecule has 9 nitrogen and oxygen atoms in total. The first-order chi connectivity index (χ1) is 15.1. The SMILES string of the molecule is Cc1nc(C(N)=O)nc(NC2CC(C=O)CC2OC(C)(C)O)c1-c1nc2ccccc2s1. The van der Waals surface area contributed by atoms with Gasteiger partial charge in [0.1, 0.15) is 17.1 Å². The summed E-state index contributed by atoms with van der Waals surface area (Å²) >= 11 is 1.49. The van der Waals surface area contributed by atoms with Crippen LogP contribution < -0.4 is 11.1 Å². The van der Waals surface area contributed by atoms with E-state index in [9.17, 15) is 14.7 Å². The van der Waals surface area contributed by atoms with Gasteiger partial charge in [0.2, 0.25) is 5.82 Å². The van der Waals surface area contributed by atoms with Gasteiger partial charge < -0.3 is 25.7 Å². The van der Waals surface area contributed by atoms with E-state index >= 15 is 0 Å². The quantitative estimate of drug-likeness (QED) is 0.365. The Morgan fingerprint density at radius 2 is 2.03 bits per heavy atom. The van der Waals surface area contributed by atoms with Crippen molar-refractivity contribution in [1.82, 2.24) is 15.0 Å². The maximum atomic E-state index is 11.8. The highest BCUT2D eigenvalue weighted by Crippen LogP contribution is 2.38. The summed E-state index contributed by atoms with van der Waals surface area (Å²) < 4.78 is 6.81. The van der Waals surface area contributed by atoms with Gasteiger partial charge in [-0.15, -0.1) is 11.3 Å². The molecule has 3 atom stereocenters. The highest BCUT2D eigenvalue weighted by Gasteiger charge is 2.38. The van der Waals surface area contributed by atoms with Crippen LogP contribution in [0.4, 0.5) is 5.82 Å². The number of aldehydes is 1. The Labute approximate surface area is 189 Å². The molecule has 0 radical (unpaired) electrons. The summed E-state index contributed by atoms with van der Waals surface area (Å²) in [5.74, 6) is -2.04. The van der Waals surface area contributed by atoms with Gasteiger partial charge in [0.05, 0.1) is 33.6 Å². The van der Waals surface area contributed by atoms with Gasteiger partial charge in [-0.25, -0.2) is 15.0 Å². The van der Waals surface area contributed by atoms with Crippen LogP contribution in [0.5, 0.6) is 0 Å². The highest BCUT2D eigenvalue weighted by atomic mass is 32.1. The second-order valence-electron chi connectivity index (χ2n) is 8.43. The van der Waals surface area contributed by atoms with E-state index in [-0.39, 0.29) is 17.8 Å². The number of carbonyl (C=O) groups is 2. The van der Waals surface area contributed by atoms with Gasteiger partial charge in [0.25, 0.3) is 5.91 Å². The van der Waals surface area contributed by atoms with E-state index in [2.05, 4.69) is 15.3 Å².